The molecule has 0 amide bonds. The Hall–Kier alpha value is -3.40. The molecule has 1 heterocycles. The number of benzene rings is 1. The first-order valence-electron chi connectivity index (χ1n) is 7.74. The number of hydrogen-bond acceptors (Lipinski definition) is 4. The second kappa shape index (κ2) is 7.45. The van der Waals surface area contributed by atoms with E-state index in [0.29, 0.717) is 41.1 Å². The zero-order valence-corrected chi connectivity index (χ0v) is 13.5. The molecule has 4 heteroatoms. The molecule has 25 heavy (non-hydrogen) atoms. The highest BCUT2D eigenvalue weighted by Gasteiger charge is 2.13. The fraction of sp³-hybridized carbons (Fsp3) is 0.0476. The minimum absolute atomic E-state index is 0.0882. The summed E-state index contributed by atoms with van der Waals surface area (Å²) >= 11 is 0. The lowest BCUT2D eigenvalue weighted by Crippen LogP contribution is -2.12. The number of fused-ring (bicyclic) bond motifs is 1. The first-order valence-corrected chi connectivity index (χ1v) is 7.74. The number of hydrogen-bond donors (Lipinski definition) is 0. The van der Waals surface area contributed by atoms with Crippen LogP contribution in [0.25, 0.3) is 17.2 Å². The molecule has 1 aromatic heterocycles. The van der Waals surface area contributed by atoms with Gasteiger partial charge in [0, 0.05) is 5.56 Å². The summed E-state index contributed by atoms with van der Waals surface area (Å²) < 4.78 is 10.5. The summed E-state index contributed by atoms with van der Waals surface area (Å²) in [5.41, 5.74) is 2.47. The zero-order chi connectivity index (χ0) is 17.6. The summed E-state index contributed by atoms with van der Waals surface area (Å²) in [6.07, 6.45) is 13.0. The second-order valence-corrected chi connectivity index (χ2v) is 5.46. The third-order valence-electron chi connectivity index (χ3n) is 3.80. The fourth-order valence-electron chi connectivity index (χ4n) is 2.50. The van der Waals surface area contributed by atoms with E-state index in [1.165, 1.54) is 6.26 Å². The zero-order valence-electron chi connectivity index (χ0n) is 13.5. The molecule has 0 atom stereocenters. The van der Waals surface area contributed by atoms with E-state index in [9.17, 15) is 9.59 Å². The van der Waals surface area contributed by atoms with Crippen LogP contribution in [0, 0.1) is 0 Å². The van der Waals surface area contributed by atoms with Crippen LogP contribution in [0.3, 0.4) is 0 Å². The molecule has 0 saturated heterocycles. The maximum Gasteiger partial charge on any atom is 0.298 e. The molecule has 2 aromatic rings. The van der Waals surface area contributed by atoms with Crippen LogP contribution in [0.1, 0.15) is 11.3 Å². The smallest absolute Gasteiger partial charge is 0.298 e. The highest BCUT2D eigenvalue weighted by Crippen LogP contribution is 2.22. The van der Waals surface area contributed by atoms with Crippen LogP contribution < -0.4 is 10.2 Å². The van der Waals surface area contributed by atoms with Crippen molar-refractivity contribution in [2.45, 2.75) is 6.42 Å². The Morgan fingerprint density at radius 3 is 2.64 bits per heavy atom. The van der Waals surface area contributed by atoms with Crippen molar-refractivity contribution in [2.24, 2.45) is 0 Å². The summed E-state index contributed by atoms with van der Waals surface area (Å²) in [7, 11) is 0. The average molecular weight is 332 g/mol. The second-order valence-electron chi connectivity index (χ2n) is 5.46. The predicted molar refractivity (Wildman–Crippen MR) is 97.3 cm³/mol. The van der Waals surface area contributed by atoms with Crippen LogP contribution in [-0.2, 0) is 11.2 Å². The van der Waals surface area contributed by atoms with E-state index in [4.69, 9.17) is 9.15 Å². The number of carbonyl (C=O) groups is 1. The normalized spacial score (nSPS) is 17.2. The summed E-state index contributed by atoms with van der Waals surface area (Å²) in [6, 6.07) is 6.69. The van der Waals surface area contributed by atoms with E-state index in [-0.39, 0.29) is 5.43 Å². The largest absolute Gasteiger partial charge is 0.464 e. The van der Waals surface area contributed by atoms with Crippen LogP contribution in [0.4, 0.5) is 0 Å². The maximum absolute atomic E-state index is 12.9. The average Bonchev–Trinajstić information content (AvgIpc) is 2.62. The lowest BCUT2D eigenvalue weighted by atomic mass is 10.0. The maximum atomic E-state index is 12.9. The Balaban J connectivity index is 2.05. The third-order valence-corrected chi connectivity index (χ3v) is 3.80. The van der Waals surface area contributed by atoms with Gasteiger partial charge in [0.25, 0.3) is 6.47 Å². The van der Waals surface area contributed by atoms with Crippen LogP contribution in [0.15, 0.2) is 82.3 Å². The van der Waals surface area contributed by atoms with Crippen molar-refractivity contribution < 1.29 is 13.9 Å². The van der Waals surface area contributed by atoms with Crippen molar-refractivity contribution in [1.82, 2.24) is 0 Å². The molecular formula is C21H16O4. The molecule has 0 bridgehead atoms. The summed E-state index contributed by atoms with van der Waals surface area (Å²) in [6.45, 7) is 4.27. The fourth-order valence-corrected chi connectivity index (χ4v) is 2.50. The van der Waals surface area contributed by atoms with Crippen LogP contribution in [0.5, 0.6) is 5.75 Å². The van der Waals surface area contributed by atoms with E-state index in [2.05, 4.69) is 6.58 Å². The standard InChI is InChI=1S/C21H16O4/c1-15-5-3-2-4-6-18-20(12-7-15)24-13-19(21(18)23)16-8-10-17(11-9-16)25-14-22/h2-5,7-14H,1,6H2/b4-2-,5-3-,12-7-. The summed E-state index contributed by atoms with van der Waals surface area (Å²) in [5, 5.41) is 0. The third kappa shape index (κ3) is 3.75. The van der Waals surface area contributed by atoms with Gasteiger partial charge in [0.15, 0.2) is 5.43 Å². The number of rotatable bonds is 3. The van der Waals surface area contributed by atoms with Gasteiger partial charge in [-0.15, -0.1) is 0 Å². The van der Waals surface area contributed by atoms with Gasteiger partial charge >= 0.3 is 0 Å². The van der Waals surface area contributed by atoms with Gasteiger partial charge in [0.1, 0.15) is 17.8 Å². The van der Waals surface area contributed by atoms with Crippen molar-refractivity contribution >= 4 is 12.5 Å². The van der Waals surface area contributed by atoms with Gasteiger partial charge in [-0.1, -0.05) is 49.1 Å². The van der Waals surface area contributed by atoms with Gasteiger partial charge in [-0.2, -0.15) is 0 Å². The molecule has 1 aliphatic rings. The summed E-state index contributed by atoms with van der Waals surface area (Å²) in [5.74, 6) is 0.939. The molecule has 0 fully saturated rings. The number of ether oxygens (including phenoxy) is 1. The van der Waals surface area contributed by atoms with Crippen molar-refractivity contribution in [3.63, 3.8) is 0 Å². The van der Waals surface area contributed by atoms with Gasteiger partial charge in [-0.3, -0.25) is 9.59 Å². The predicted octanol–water partition coefficient (Wildman–Crippen LogP) is 4.08. The molecule has 1 aromatic carbocycles. The lowest BCUT2D eigenvalue weighted by Gasteiger charge is -2.07. The molecule has 3 rings (SSSR count). The molecule has 0 unspecified atom stereocenters. The SMILES string of the molecule is C=C1/C=C\C=C/Cc2c(occ(-c3ccc(OC=O)cc3)c2=O)/C=C\1. The molecule has 4 nitrogen and oxygen atoms in total. The van der Waals surface area contributed by atoms with Gasteiger partial charge < -0.3 is 9.15 Å². The quantitative estimate of drug-likeness (QED) is 0.795. The van der Waals surface area contributed by atoms with E-state index < -0.39 is 0 Å². The van der Waals surface area contributed by atoms with E-state index in [1.54, 1.807) is 30.3 Å². The first kappa shape index (κ1) is 16.5. The van der Waals surface area contributed by atoms with Gasteiger partial charge in [-0.05, 0) is 35.8 Å². The Kier molecular flexibility index (Phi) is 4.90. The van der Waals surface area contributed by atoms with Gasteiger partial charge in [0.2, 0.25) is 0 Å². The van der Waals surface area contributed by atoms with Crippen molar-refractivity contribution in [3.8, 4) is 16.9 Å². The van der Waals surface area contributed by atoms with Gasteiger partial charge in [0.05, 0.1) is 5.56 Å². The molecule has 0 N–H and O–H groups in total. The molecule has 0 aliphatic heterocycles. The highest BCUT2D eigenvalue weighted by atomic mass is 16.5. The minimum atomic E-state index is -0.0882. The molecular weight excluding hydrogens is 316 g/mol. The van der Waals surface area contributed by atoms with Crippen molar-refractivity contribution in [2.75, 3.05) is 0 Å². The molecule has 1 aliphatic carbocycles. The minimum Gasteiger partial charge on any atom is -0.464 e. The lowest BCUT2D eigenvalue weighted by molar-refractivity contribution is -0.120. The first-order chi connectivity index (χ1) is 12.2. The summed E-state index contributed by atoms with van der Waals surface area (Å²) in [4.78, 5) is 23.3. The van der Waals surface area contributed by atoms with Crippen LogP contribution >= 0.6 is 0 Å². The molecule has 0 radical (unpaired) electrons. The molecule has 0 saturated carbocycles. The molecule has 124 valence electrons. The van der Waals surface area contributed by atoms with Gasteiger partial charge in [-0.25, -0.2) is 0 Å². The number of carbonyl (C=O) groups excluding carboxylic acids is 1. The van der Waals surface area contributed by atoms with Crippen LogP contribution in [0.2, 0.25) is 0 Å². The Morgan fingerprint density at radius 2 is 1.88 bits per heavy atom. The van der Waals surface area contributed by atoms with E-state index in [1.807, 2.05) is 30.4 Å². The van der Waals surface area contributed by atoms with E-state index >= 15 is 0 Å². The Labute approximate surface area is 145 Å². The molecule has 0 spiro atoms. The highest BCUT2D eigenvalue weighted by molar-refractivity contribution is 5.66. The van der Waals surface area contributed by atoms with Crippen LogP contribution in [-0.4, -0.2) is 6.47 Å². The topological polar surface area (TPSA) is 56.5 Å². The van der Waals surface area contributed by atoms with E-state index in [0.717, 1.165) is 5.57 Å². The Bertz CT molecular complexity index is 941. The monoisotopic (exact) mass is 332 g/mol. The van der Waals surface area contributed by atoms with Crippen molar-refractivity contribution in [1.29, 1.82) is 0 Å². The number of allylic oxidation sites excluding steroid dienone is 6. The Morgan fingerprint density at radius 1 is 1.08 bits per heavy atom. The van der Waals surface area contributed by atoms with Crippen molar-refractivity contribution in [3.05, 3.63) is 94.6 Å².